The van der Waals surface area contributed by atoms with Crippen molar-refractivity contribution < 1.29 is 9.52 Å². The third kappa shape index (κ3) is 5.25. The first-order valence-electron chi connectivity index (χ1n) is 8.10. The van der Waals surface area contributed by atoms with Gasteiger partial charge in [0.2, 0.25) is 0 Å². The number of guanidine groups is 1. The van der Waals surface area contributed by atoms with Crippen LogP contribution in [0.1, 0.15) is 45.0 Å². The number of hydrogen-bond donors (Lipinski definition) is 3. The van der Waals surface area contributed by atoms with Gasteiger partial charge in [0.05, 0.1) is 12.8 Å². The minimum absolute atomic E-state index is 0.294. The zero-order chi connectivity index (χ0) is 15.8. The predicted molar refractivity (Wildman–Crippen MR) is 92.3 cm³/mol. The highest BCUT2D eigenvalue weighted by molar-refractivity contribution is 7.99. The molecule has 3 N–H and O–H groups in total. The standard InChI is InChI=1S/C16H27N3O2S/c1-3-17-16(18-11-14(20)15-6-5-9-21-15)19-12-7-8-13(10-12)22-4-2/h5-6,9,12-14,20H,3-4,7-8,10-11H2,1-2H3,(H2,17,18,19). The van der Waals surface area contributed by atoms with Crippen molar-refractivity contribution in [2.24, 2.45) is 4.99 Å². The number of nitrogens with zero attached hydrogens (tertiary/aromatic N) is 1. The summed E-state index contributed by atoms with van der Waals surface area (Å²) in [7, 11) is 0. The molecule has 0 saturated heterocycles. The molecule has 0 amide bonds. The topological polar surface area (TPSA) is 69.8 Å². The number of rotatable bonds is 7. The largest absolute Gasteiger partial charge is 0.467 e. The molecule has 1 aromatic heterocycles. The average molecular weight is 325 g/mol. The van der Waals surface area contributed by atoms with E-state index in [0.717, 1.165) is 17.8 Å². The number of nitrogens with one attached hydrogen (secondary N) is 2. The van der Waals surface area contributed by atoms with E-state index in [2.05, 4.69) is 22.5 Å². The Morgan fingerprint density at radius 3 is 3.05 bits per heavy atom. The van der Waals surface area contributed by atoms with Crippen LogP contribution in [0.2, 0.25) is 0 Å². The van der Waals surface area contributed by atoms with Crippen LogP contribution < -0.4 is 10.6 Å². The van der Waals surface area contributed by atoms with Crippen molar-refractivity contribution in [3.8, 4) is 0 Å². The molecule has 0 aromatic carbocycles. The Labute approximate surface area is 137 Å². The van der Waals surface area contributed by atoms with Gasteiger partial charge in [-0.25, -0.2) is 0 Å². The molecule has 0 bridgehead atoms. The van der Waals surface area contributed by atoms with E-state index < -0.39 is 6.10 Å². The van der Waals surface area contributed by atoms with Gasteiger partial charge in [0.1, 0.15) is 11.9 Å². The SMILES string of the molecule is CCNC(=NCC(O)c1ccco1)NC1CCC(SCC)C1. The molecule has 5 nitrogen and oxygen atoms in total. The van der Waals surface area contributed by atoms with E-state index >= 15 is 0 Å². The maximum absolute atomic E-state index is 10.0. The smallest absolute Gasteiger partial charge is 0.191 e. The lowest BCUT2D eigenvalue weighted by Gasteiger charge is -2.17. The molecule has 0 aliphatic heterocycles. The normalized spacial score (nSPS) is 23.5. The van der Waals surface area contributed by atoms with E-state index in [9.17, 15) is 5.11 Å². The summed E-state index contributed by atoms with van der Waals surface area (Å²) in [4.78, 5) is 4.48. The highest BCUT2D eigenvalue weighted by Crippen LogP contribution is 2.29. The monoisotopic (exact) mass is 325 g/mol. The number of aliphatic hydroxyl groups excluding tert-OH is 1. The first kappa shape index (κ1) is 17.2. The summed E-state index contributed by atoms with van der Waals surface area (Å²) in [6.45, 7) is 5.36. The van der Waals surface area contributed by atoms with Crippen molar-refractivity contribution in [3.05, 3.63) is 24.2 Å². The summed E-state index contributed by atoms with van der Waals surface area (Å²) < 4.78 is 5.20. The Kier molecular flexibility index (Phi) is 7.12. The molecule has 0 spiro atoms. The fraction of sp³-hybridized carbons (Fsp3) is 0.688. The Hall–Kier alpha value is -1.14. The number of furan rings is 1. The van der Waals surface area contributed by atoms with Crippen molar-refractivity contribution in [1.29, 1.82) is 0 Å². The van der Waals surface area contributed by atoms with E-state index in [1.165, 1.54) is 25.0 Å². The number of aliphatic imine (C=N–C) groups is 1. The zero-order valence-corrected chi connectivity index (χ0v) is 14.2. The second-order valence-electron chi connectivity index (χ2n) is 5.48. The van der Waals surface area contributed by atoms with Crippen LogP contribution in [0.5, 0.6) is 0 Å². The minimum atomic E-state index is -0.697. The summed E-state index contributed by atoms with van der Waals surface area (Å²) in [5.74, 6) is 2.51. The van der Waals surface area contributed by atoms with Gasteiger partial charge in [-0.1, -0.05) is 6.92 Å². The summed E-state index contributed by atoms with van der Waals surface area (Å²) in [6, 6.07) is 4.02. The van der Waals surface area contributed by atoms with E-state index in [4.69, 9.17) is 4.42 Å². The van der Waals surface area contributed by atoms with Crippen LogP contribution in [0.25, 0.3) is 0 Å². The third-order valence-electron chi connectivity index (χ3n) is 3.77. The Balaban J connectivity index is 1.85. The second kappa shape index (κ2) is 9.10. The van der Waals surface area contributed by atoms with Crippen molar-refractivity contribution >= 4 is 17.7 Å². The van der Waals surface area contributed by atoms with Crippen molar-refractivity contribution in [3.63, 3.8) is 0 Å². The molecule has 1 aliphatic rings. The zero-order valence-electron chi connectivity index (χ0n) is 13.4. The average Bonchev–Trinajstić information content (AvgIpc) is 3.17. The van der Waals surface area contributed by atoms with Gasteiger partial charge < -0.3 is 20.2 Å². The molecule has 124 valence electrons. The molecule has 0 radical (unpaired) electrons. The molecule has 1 aromatic rings. The van der Waals surface area contributed by atoms with Gasteiger partial charge in [-0.15, -0.1) is 0 Å². The molecule has 1 fully saturated rings. The van der Waals surface area contributed by atoms with Gasteiger partial charge in [0.25, 0.3) is 0 Å². The van der Waals surface area contributed by atoms with Crippen LogP contribution in [0.4, 0.5) is 0 Å². The van der Waals surface area contributed by atoms with Gasteiger partial charge in [-0.3, -0.25) is 4.99 Å². The Bertz CT molecular complexity index is 450. The number of hydrogen-bond acceptors (Lipinski definition) is 4. The molecule has 22 heavy (non-hydrogen) atoms. The van der Waals surface area contributed by atoms with Crippen LogP contribution in [0.3, 0.4) is 0 Å². The van der Waals surface area contributed by atoms with Crippen molar-refractivity contribution in [2.75, 3.05) is 18.8 Å². The predicted octanol–water partition coefficient (Wildman–Crippen LogP) is 2.54. The van der Waals surface area contributed by atoms with Crippen LogP contribution in [-0.4, -0.2) is 41.2 Å². The summed E-state index contributed by atoms with van der Waals surface area (Å²) in [5.41, 5.74) is 0. The molecule has 1 saturated carbocycles. The lowest BCUT2D eigenvalue weighted by atomic mass is 10.2. The van der Waals surface area contributed by atoms with Gasteiger partial charge in [-0.2, -0.15) is 11.8 Å². The van der Waals surface area contributed by atoms with E-state index in [-0.39, 0.29) is 0 Å². The molecule has 3 unspecified atom stereocenters. The number of thioether (sulfide) groups is 1. The maximum Gasteiger partial charge on any atom is 0.191 e. The fourth-order valence-electron chi connectivity index (χ4n) is 2.72. The van der Waals surface area contributed by atoms with Gasteiger partial charge in [-0.05, 0) is 44.1 Å². The highest BCUT2D eigenvalue weighted by atomic mass is 32.2. The molecule has 3 atom stereocenters. The first-order chi connectivity index (χ1) is 10.7. The molecule has 1 aliphatic carbocycles. The summed E-state index contributed by atoms with van der Waals surface area (Å²) >= 11 is 2.05. The van der Waals surface area contributed by atoms with Gasteiger partial charge in [0, 0.05) is 17.8 Å². The molecule has 1 heterocycles. The van der Waals surface area contributed by atoms with Crippen molar-refractivity contribution in [2.45, 2.75) is 50.5 Å². The molecule has 6 heteroatoms. The van der Waals surface area contributed by atoms with Gasteiger partial charge in [0.15, 0.2) is 5.96 Å². The fourth-order valence-corrected chi connectivity index (χ4v) is 3.86. The van der Waals surface area contributed by atoms with Crippen LogP contribution in [0.15, 0.2) is 27.8 Å². The summed E-state index contributed by atoms with van der Waals surface area (Å²) in [6.07, 6.45) is 4.50. The highest BCUT2D eigenvalue weighted by Gasteiger charge is 2.25. The second-order valence-corrected chi connectivity index (χ2v) is 7.06. The Morgan fingerprint density at radius 2 is 2.36 bits per heavy atom. The van der Waals surface area contributed by atoms with Crippen LogP contribution in [-0.2, 0) is 0 Å². The van der Waals surface area contributed by atoms with Gasteiger partial charge >= 0.3 is 0 Å². The van der Waals surface area contributed by atoms with E-state index in [0.29, 0.717) is 18.3 Å². The molecular weight excluding hydrogens is 298 g/mol. The number of aliphatic hydroxyl groups is 1. The lowest BCUT2D eigenvalue weighted by Crippen LogP contribution is -2.42. The van der Waals surface area contributed by atoms with Crippen LogP contribution >= 0.6 is 11.8 Å². The third-order valence-corrected chi connectivity index (χ3v) is 5.00. The maximum atomic E-state index is 10.0. The van der Waals surface area contributed by atoms with E-state index in [1.54, 1.807) is 18.4 Å². The summed E-state index contributed by atoms with van der Waals surface area (Å²) in [5, 5.41) is 17.5. The quantitative estimate of drug-likeness (QED) is 0.531. The minimum Gasteiger partial charge on any atom is -0.467 e. The van der Waals surface area contributed by atoms with Crippen LogP contribution in [0, 0.1) is 0 Å². The van der Waals surface area contributed by atoms with E-state index in [1.807, 2.05) is 18.7 Å². The van der Waals surface area contributed by atoms with Crippen molar-refractivity contribution in [1.82, 2.24) is 10.6 Å². The first-order valence-corrected chi connectivity index (χ1v) is 9.15. The molecular formula is C16H27N3O2S. The molecule has 2 rings (SSSR count). The lowest BCUT2D eigenvalue weighted by molar-refractivity contribution is 0.158. The Morgan fingerprint density at radius 1 is 1.50 bits per heavy atom.